The first-order valence-corrected chi connectivity index (χ1v) is 2.96. The maximum absolute atomic E-state index is 10.5. The summed E-state index contributed by atoms with van der Waals surface area (Å²) in [6, 6.07) is -0.915. The second-order valence-electron chi connectivity index (χ2n) is 1.72. The second kappa shape index (κ2) is 4.26. The lowest BCUT2D eigenvalue weighted by atomic mass is 10.3. The van der Waals surface area contributed by atoms with Crippen LogP contribution in [0, 0.1) is 0 Å². The van der Waals surface area contributed by atoms with E-state index in [0.717, 1.165) is 0 Å². The summed E-state index contributed by atoms with van der Waals surface area (Å²) in [5.41, 5.74) is 8.21. The van der Waals surface area contributed by atoms with E-state index in [2.05, 4.69) is 5.73 Å². The number of Topliss-reactive ketones (excluding diaryl/α,β-unsaturated/α-hetero) is 1. The van der Waals surface area contributed by atoms with Gasteiger partial charge in [0.25, 0.3) is 0 Å². The molecule has 0 heterocycles. The third kappa shape index (κ3) is 3.90. The standard InChI is InChI=1S/C5H9N3O3/c1-2-3(9)4(10)7-8-5(6)11/h2H2,1H3,(H,7,10)(H3,6,8,11). The number of hydrogen-bond donors (Lipinski definition) is 3. The largest absolute Gasteiger partial charge is 0.350 e. The molecule has 0 bridgehead atoms. The molecule has 0 aliphatic carbocycles. The van der Waals surface area contributed by atoms with Gasteiger partial charge in [-0.1, -0.05) is 6.92 Å². The van der Waals surface area contributed by atoms with Gasteiger partial charge in [-0.25, -0.2) is 10.2 Å². The van der Waals surface area contributed by atoms with Crippen molar-refractivity contribution in [3.63, 3.8) is 0 Å². The predicted molar refractivity (Wildman–Crippen MR) is 36.2 cm³/mol. The highest BCUT2D eigenvalue weighted by Crippen LogP contribution is 1.77. The Morgan fingerprint density at radius 1 is 1.27 bits per heavy atom. The minimum atomic E-state index is -0.915. The Morgan fingerprint density at radius 3 is 2.18 bits per heavy atom. The van der Waals surface area contributed by atoms with E-state index in [1.54, 1.807) is 5.43 Å². The minimum Gasteiger partial charge on any atom is -0.350 e. The molecule has 0 unspecified atom stereocenters. The molecule has 0 atom stereocenters. The van der Waals surface area contributed by atoms with Crippen molar-refractivity contribution in [2.75, 3.05) is 0 Å². The molecule has 4 N–H and O–H groups in total. The van der Waals surface area contributed by atoms with E-state index >= 15 is 0 Å². The molecular formula is C5H9N3O3. The van der Waals surface area contributed by atoms with Gasteiger partial charge < -0.3 is 5.73 Å². The number of primary amides is 1. The Labute approximate surface area is 63.1 Å². The van der Waals surface area contributed by atoms with E-state index in [4.69, 9.17) is 0 Å². The van der Waals surface area contributed by atoms with Crippen molar-refractivity contribution in [2.24, 2.45) is 5.73 Å². The van der Waals surface area contributed by atoms with E-state index in [0.29, 0.717) is 0 Å². The summed E-state index contributed by atoms with van der Waals surface area (Å²) in [7, 11) is 0. The van der Waals surface area contributed by atoms with Crippen LogP contribution in [0.3, 0.4) is 0 Å². The van der Waals surface area contributed by atoms with Gasteiger partial charge in [0.2, 0.25) is 5.78 Å². The van der Waals surface area contributed by atoms with Crippen LogP contribution in [0.1, 0.15) is 13.3 Å². The molecule has 0 saturated carbocycles. The van der Waals surface area contributed by atoms with E-state index in [9.17, 15) is 14.4 Å². The molecule has 6 nitrogen and oxygen atoms in total. The highest BCUT2D eigenvalue weighted by Gasteiger charge is 2.09. The number of amides is 3. The number of nitrogens with two attached hydrogens (primary N) is 1. The molecule has 0 fully saturated rings. The van der Waals surface area contributed by atoms with Crippen LogP contribution in [0.25, 0.3) is 0 Å². The van der Waals surface area contributed by atoms with Crippen LogP contribution in [-0.4, -0.2) is 17.7 Å². The van der Waals surface area contributed by atoms with Crippen LogP contribution in [0.5, 0.6) is 0 Å². The molecule has 0 rings (SSSR count). The Balaban J connectivity index is 3.70. The van der Waals surface area contributed by atoms with Crippen molar-refractivity contribution < 1.29 is 14.4 Å². The zero-order valence-electron chi connectivity index (χ0n) is 6.01. The first kappa shape index (κ1) is 9.41. The van der Waals surface area contributed by atoms with E-state index in [-0.39, 0.29) is 6.42 Å². The molecule has 11 heavy (non-hydrogen) atoms. The van der Waals surface area contributed by atoms with Gasteiger partial charge in [-0.3, -0.25) is 15.0 Å². The van der Waals surface area contributed by atoms with Gasteiger partial charge in [0, 0.05) is 6.42 Å². The van der Waals surface area contributed by atoms with Crippen LogP contribution in [0.15, 0.2) is 0 Å². The van der Waals surface area contributed by atoms with E-state index in [1.807, 2.05) is 5.43 Å². The average Bonchev–Trinajstić information content (AvgIpc) is 1.98. The summed E-state index contributed by atoms with van der Waals surface area (Å²) in [6.45, 7) is 1.53. The average molecular weight is 159 g/mol. The topological polar surface area (TPSA) is 101 Å². The quantitative estimate of drug-likeness (QED) is 0.343. The molecule has 0 aliphatic rings. The Hall–Kier alpha value is -1.59. The second-order valence-corrected chi connectivity index (χ2v) is 1.72. The zero-order valence-corrected chi connectivity index (χ0v) is 6.01. The van der Waals surface area contributed by atoms with Crippen LogP contribution in [0.2, 0.25) is 0 Å². The maximum atomic E-state index is 10.5. The Morgan fingerprint density at radius 2 is 1.82 bits per heavy atom. The molecule has 6 heteroatoms. The maximum Gasteiger partial charge on any atom is 0.330 e. The molecule has 0 aliphatic heterocycles. The lowest BCUT2D eigenvalue weighted by Crippen LogP contribution is -2.47. The first-order chi connectivity index (χ1) is 5.07. The monoisotopic (exact) mass is 159 g/mol. The Kier molecular flexibility index (Phi) is 3.65. The molecule has 62 valence electrons. The van der Waals surface area contributed by atoms with E-state index in [1.165, 1.54) is 6.92 Å². The smallest absolute Gasteiger partial charge is 0.330 e. The summed E-state index contributed by atoms with van der Waals surface area (Å²) in [6.07, 6.45) is 0.0896. The summed E-state index contributed by atoms with van der Waals surface area (Å²) in [5, 5.41) is 0. The molecule has 0 spiro atoms. The highest BCUT2D eigenvalue weighted by atomic mass is 16.2. The zero-order chi connectivity index (χ0) is 8.85. The van der Waals surface area contributed by atoms with Crippen LogP contribution >= 0.6 is 0 Å². The lowest BCUT2D eigenvalue weighted by Gasteiger charge is -2.00. The summed E-state index contributed by atoms with van der Waals surface area (Å²) < 4.78 is 0. The fourth-order valence-corrected chi connectivity index (χ4v) is 0.349. The van der Waals surface area contributed by atoms with Gasteiger partial charge in [0.15, 0.2) is 0 Å². The van der Waals surface area contributed by atoms with Crippen molar-refractivity contribution in [1.29, 1.82) is 0 Å². The summed E-state index contributed by atoms with van der Waals surface area (Å²) in [5.74, 6) is -1.48. The van der Waals surface area contributed by atoms with Crippen molar-refractivity contribution in [1.82, 2.24) is 10.9 Å². The SMILES string of the molecule is CCC(=O)C(=O)NNC(N)=O. The first-order valence-electron chi connectivity index (χ1n) is 2.96. The number of hydrogen-bond acceptors (Lipinski definition) is 3. The highest BCUT2D eigenvalue weighted by molar-refractivity contribution is 6.36. The third-order valence-corrected chi connectivity index (χ3v) is 0.874. The number of hydrazine groups is 1. The van der Waals surface area contributed by atoms with Gasteiger partial charge in [-0.05, 0) is 0 Å². The molecule has 0 radical (unpaired) electrons. The van der Waals surface area contributed by atoms with Crippen molar-refractivity contribution in [2.45, 2.75) is 13.3 Å². The molecule has 0 aromatic heterocycles. The molecule has 0 aromatic carbocycles. The number of urea groups is 1. The van der Waals surface area contributed by atoms with Gasteiger partial charge in [-0.2, -0.15) is 0 Å². The van der Waals surface area contributed by atoms with Gasteiger partial charge >= 0.3 is 11.9 Å². The number of carbonyl (C=O) groups is 3. The lowest BCUT2D eigenvalue weighted by molar-refractivity contribution is -0.138. The molecule has 0 saturated heterocycles. The van der Waals surface area contributed by atoms with Crippen molar-refractivity contribution in [3.8, 4) is 0 Å². The number of carbonyl (C=O) groups excluding carboxylic acids is 3. The van der Waals surface area contributed by atoms with E-state index < -0.39 is 17.7 Å². The third-order valence-electron chi connectivity index (χ3n) is 0.874. The number of nitrogens with one attached hydrogen (secondary N) is 2. The molecular weight excluding hydrogens is 150 g/mol. The summed E-state index contributed by atoms with van der Waals surface area (Å²) in [4.78, 5) is 31.1. The number of ketones is 1. The minimum absolute atomic E-state index is 0.0896. The normalized spacial score (nSPS) is 8.45. The molecule has 3 amide bonds. The molecule has 0 aromatic rings. The van der Waals surface area contributed by atoms with Crippen LogP contribution in [-0.2, 0) is 9.59 Å². The fourth-order valence-electron chi connectivity index (χ4n) is 0.349. The van der Waals surface area contributed by atoms with Crippen LogP contribution < -0.4 is 16.6 Å². The van der Waals surface area contributed by atoms with Crippen molar-refractivity contribution in [3.05, 3.63) is 0 Å². The number of rotatable bonds is 2. The van der Waals surface area contributed by atoms with Gasteiger partial charge in [0.1, 0.15) is 0 Å². The fraction of sp³-hybridized carbons (Fsp3) is 0.400. The Bertz CT molecular complexity index is 189. The van der Waals surface area contributed by atoms with Gasteiger partial charge in [0.05, 0.1) is 0 Å². The summed E-state index contributed by atoms with van der Waals surface area (Å²) >= 11 is 0. The van der Waals surface area contributed by atoms with Gasteiger partial charge in [-0.15, -0.1) is 0 Å². The van der Waals surface area contributed by atoms with Crippen molar-refractivity contribution >= 4 is 17.7 Å². The van der Waals surface area contributed by atoms with Crippen LogP contribution in [0.4, 0.5) is 4.79 Å². The predicted octanol–water partition coefficient (Wildman–Crippen LogP) is -1.33.